The van der Waals surface area contributed by atoms with E-state index >= 15 is 0 Å². The summed E-state index contributed by atoms with van der Waals surface area (Å²) in [6.07, 6.45) is 0.616. The monoisotopic (exact) mass is 472 g/mol. The SMILES string of the molecule is COc1ccc(NC(=O)c2ccc(Cl)c(S(=O)(=O)N3CCc4ccccc43)c2)c(OC)c1. The molecule has 3 aromatic carbocycles. The Labute approximate surface area is 191 Å². The van der Waals surface area contributed by atoms with Gasteiger partial charge in [-0.2, -0.15) is 0 Å². The van der Waals surface area contributed by atoms with Gasteiger partial charge in [-0.3, -0.25) is 9.10 Å². The Balaban J connectivity index is 1.66. The minimum atomic E-state index is -3.95. The van der Waals surface area contributed by atoms with Crippen molar-refractivity contribution < 1.29 is 22.7 Å². The molecule has 166 valence electrons. The normalized spacial score (nSPS) is 12.9. The number of carbonyl (C=O) groups excluding carboxylic acids is 1. The summed E-state index contributed by atoms with van der Waals surface area (Å²) < 4.78 is 38.6. The van der Waals surface area contributed by atoms with Gasteiger partial charge in [0.1, 0.15) is 16.4 Å². The first-order chi connectivity index (χ1) is 15.3. The fourth-order valence-electron chi connectivity index (χ4n) is 3.61. The number of sulfonamides is 1. The maximum absolute atomic E-state index is 13.4. The largest absolute Gasteiger partial charge is 0.497 e. The van der Waals surface area contributed by atoms with E-state index in [1.807, 2.05) is 12.1 Å². The molecule has 1 heterocycles. The van der Waals surface area contributed by atoms with Gasteiger partial charge in [-0.1, -0.05) is 29.8 Å². The van der Waals surface area contributed by atoms with Gasteiger partial charge in [0.15, 0.2) is 0 Å². The summed E-state index contributed by atoms with van der Waals surface area (Å²) in [6, 6.07) is 16.5. The summed E-state index contributed by atoms with van der Waals surface area (Å²) in [7, 11) is -0.947. The van der Waals surface area contributed by atoms with Crippen molar-refractivity contribution in [1.29, 1.82) is 0 Å². The van der Waals surface area contributed by atoms with Crippen LogP contribution < -0.4 is 19.1 Å². The Hall–Kier alpha value is -3.23. The standard InChI is InChI=1S/C23H21ClN2O5S/c1-30-17-8-10-19(21(14-17)31-2)25-23(27)16-7-9-18(24)22(13-16)32(28,29)26-12-11-15-5-3-4-6-20(15)26/h3-10,13-14H,11-12H2,1-2H3,(H,25,27). The smallest absolute Gasteiger partial charge is 0.265 e. The molecule has 4 rings (SSSR count). The first-order valence-corrected chi connectivity index (χ1v) is 11.6. The maximum Gasteiger partial charge on any atom is 0.265 e. The Morgan fingerprint density at radius 1 is 1.03 bits per heavy atom. The molecule has 0 atom stereocenters. The van der Waals surface area contributed by atoms with Crippen molar-refractivity contribution in [3.63, 3.8) is 0 Å². The molecule has 0 aromatic heterocycles. The van der Waals surface area contributed by atoms with E-state index in [1.165, 1.54) is 36.7 Å². The van der Waals surface area contributed by atoms with E-state index in [9.17, 15) is 13.2 Å². The number of rotatable bonds is 6. The highest BCUT2D eigenvalue weighted by Crippen LogP contribution is 2.35. The Bertz CT molecular complexity index is 1290. The minimum absolute atomic E-state index is 0.0490. The second-order valence-corrected chi connectivity index (χ2v) is 9.36. The zero-order valence-corrected chi connectivity index (χ0v) is 19.0. The molecule has 0 unspecified atom stereocenters. The van der Waals surface area contributed by atoms with Crippen molar-refractivity contribution in [2.24, 2.45) is 0 Å². The predicted molar refractivity (Wildman–Crippen MR) is 124 cm³/mol. The summed E-state index contributed by atoms with van der Waals surface area (Å²) in [5.41, 5.74) is 2.15. The number of nitrogens with one attached hydrogen (secondary N) is 1. The predicted octanol–water partition coefficient (Wildman–Crippen LogP) is 4.36. The number of para-hydroxylation sites is 1. The minimum Gasteiger partial charge on any atom is -0.497 e. The molecule has 1 aliphatic heterocycles. The van der Waals surface area contributed by atoms with Crippen molar-refractivity contribution in [3.8, 4) is 11.5 Å². The second kappa shape index (κ2) is 8.72. The number of halogens is 1. The van der Waals surface area contributed by atoms with E-state index in [0.717, 1.165) is 5.56 Å². The van der Waals surface area contributed by atoms with Crippen LogP contribution >= 0.6 is 11.6 Å². The first-order valence-electron chi connectivity index (χ1n) is 9.78. The van der Waals surface area contributed by atoms with Crippen molar-refractivity contribution >= 4 is 38.9 Å². The third kappa shape index (κ3) is 3.99. The molecule has 0 saturated heterocycles. The van der Waals surface area contributed by atoms with Crippen LogP contribution in [0.1, 0.15) is 15.9 Å². The third-order valence-corrected chi connectivity index (χ3v) is 7.56. The van der Waals surface area contributed by atoms with E-state index in [2.05, 4.69) is 5.32 Å². The lowest BCUT2D eigenvalue weighted by molar-refractivity contribution is 0.102. The van der Waals surface area contributed by atoms with Crippen LogP contribution in [0, 0.1) is 0 Å². The number of fused-ring (bicyclic) bond motifs is 1. The van der Waals surface area contributed by atoms with E-state index in [1.54, 1.807) is 30.3 Å². The van der Waals surface area contributed by atoms with Gasteiger partial charge in [0, 0.05) is 18.2 Å². The molecule has 0 bridgehead atoms. The fraction of sp³-hybridized carbons (Fsp3) is 0.174. The molecule has 3 aromatic rings. The van der Waals surface area contributed by atoms with Crippen LogP contribution in [0.4, 0.5) is 11.4 Å². The van der Waals surface area contributed by atoms with Crippen molar-refractivity contribution in [2.75, 3.05) is 30.4 Å². The van der Waals surface area contributed by atoms with E-state index in [-0.39, 0.29) is 15.5 Å². The molecule has 1 aliphatic rings. The fourth-order valence-corrected chi connectivity index (χ4v) is 5.62. The highest BCUT2D eigenvalue weighted by molar-refractivity contribution is 7.93. The molecule has 0 spiro atoms. The van der Waals surface area contributed by atoms with Crippen LogP contribution in [0.5, 0.6) is 11.5 Å². The zero-order valence-electron chi connectivity index (χ0n) is 17.5. The number of hydrogen-bond acceptors (Lipinski definition) is 5. The number of methoxy groups -OCH3 is 2. The lowest BCUT2D eigenvalue weighted by Crippen LogP contribution is -2.29. The van der Waals surface area contributed by atoms with Gasteiger partial charge in [0.05, 0.1) is 30.6 Å². The zero-order chi connectivity index (χ0) is 22.9. The molecule has 9 heteroatoms. The first kappa shape index (κ1) is 22.0. The Kier molecular flexibility index (Phi) is 5.99. The molecular formula is C23H21ClN2O5S. The summed E-state index contributed by atoms with van der Waals surface area (Å²) in [6.45, 7) is 0.317. The van der Waals surface area contributed by atoms with E-state index in [0.29, 0.717) is 35.8 Å². The van der Waals surface area contributed by atoms with E-state index < -0.39 is 15.9 Å². The van der Waals surface area contributed by atoms with Gasteiger partial charge < -0.3 is 14.8 Å². The van der Waals surface area contributed by atoms with Crippen LogP contribution in [0.15, 0.2) is 65.6 Å². The third-order valence-electron chi connectivity index (χ3n) is 5.26. The highest BCUT2D eigenvalue weighted by Gasteiger charge is 2.32. The van der Waals surface area contributed by atoms with Gasteiger partial charge in [-0.05, 0) is 48.4 Å². The number of carbonyl (C=O) groups is 1. The second-order valence-electron chi connectivity index (χ2n) is 7.12. The number of anilines is 2. The Morgan fingerprint density at radius 2 is 1.81 bits per heavy atom. The molecule has 0 radical (unpaired) electrons. The van der Waals surface area contributed by atoms with Crippen molar-refractivity contribution in [2.45, 2.75) is 11.3 Å². The molecule has 0 fully saturated rings. The number of ether oxygens (including phenoxy) is 2. The van der Waals surface area contributed by atoms with Gasteiger partial charge in [0.25, 0.3) is 15.9 Å². The molecule has 0 saturated carbocycles. The van der Waals surface area contributed by atoms with Gasteiger partial charge in [-0.25, -0.2) is 8.42 Å². The van der Waals surface area contributed by atoms with Crippen LogP contribution in [-0.2, 0) is 16.4 Å². The average molecular weight is 473 g/mol. The maximum atomic E-state index is 13.4. The number of nitrogens with zero attached hydrogens (tertiary/aromatic N) is 1. The molecular weight excluding hydrogens is 452 g/mol. The van der Waals surface area contributed by atoms with Crippen LogP contribution in [-0.4, -0.2) is 35.1 Å². The lowest BCUT2D eigenvalue weighted by atomic mass is 10.2. The van der Waals surface area contributed by atoms with Crippen LogP contribution in [0.3, 0.4) is 0 Å². The Morgan fingerprint density at radius 3 is 2.56 bits per heavy atom. The summed E-state index contributed by atoms with van der Waals surface area (Å²) in [5, 5.41) is 2.79. The molecule has 7 nitrogen and oxygen atoms in total. The van der Waals surface area contributed by atoms with Crippen molar-refractivity contribution in [3.05, 3.63) is 76.8 Å². The summed E-state index contributed by atoms with van der Waals surface area (Å²) in [4.78, 5) is 12.8. The number of hydrogen-bond donors (Lipinski definition) is 1. The van der Waals surface area contributed by atoms with Crippen LogP contribution in [0.2, 0.25) is 5.02 Å². The molecule has 1 N–H and O–H groups in total. The van der Waals surface area contributed by atoms with Crippen LogP contribution in [0.25, 0.3) is 0 Å². The summed E-state index contributed by atoms with van der Waals surface area (Å²) in [5.74, 6) is 0.488. The molecule has 1 amide bonds. The lowest BCUT2D eigenvalue weighted by Gasteiger charge is -2.20. The van der Waals surface area contributed by atoms with Gasteiger partial charge >= 0.3 is 0 Å². The molecule has 0 aliphatic carbocycles. The van der Waals surface area contributed by atoms with Gasteiger partial charge in [-0.15, -0.1) is 0 Å². The van der Waals surface area contributed by atoms with E-state index in [4.69, 9.17) is 21.1 Å². The number of amides is 1. The number of benzene rings is 3. The topological polar surface area (TPSA) is 84.9 Å². The molecule has 32 heavy (non-hydrogen) atoms. The quantitative estimate of drug-likeness (QED) is 0.576. The summed E-state index contributed by atoms with van der Waals surface area (Å²) >= 11 is 6.26. The van der Waals surface area contributed by atoms with Crippen molar-refractivity contribution in [1.82, 2.24) is 0 Å². The highest BCUT2D eigenvalue weighted by atomic mass is 35.5. The average Bonchev–Trinajstić information content (AvgIpc) is 3.24. The van der Waals surface area contributed by atoms with Gasteiger partial charge in [0.2, 0.25) is 0 Å².